The van der Waals surface area contributed by atoms with Gasteiger partial charge in [-0.1, -0.05) is 170 Å². The van der Waals surface area contributed by atoms with Gasteiger partial charge in [0.25, 0.3) is 0 Å². The number of ether oxygens (including phenoxy) is 1. The average molecular weight is 752 g/mol. The van der Waals surface area contributed by atoms with E-state index in [0.29, 0.717) is 5.56 Å². The van der Waals surface area contributed by atoms with Crippen LogP contribution in [0.15, 0.2) is 206 Å². The number of benzene rings is 11. The lowest BCUT2D eigenvalue weighted by atomic mass is 9.81. The van der Waals surface area contributed by atoms with Gasteiger partial charge in [0.05, 0.1) is 6.85 Å². The first-order chi connectivity index (χ1) is 31.3. The Morgan fingerprint density at radius 1 is 0.305 bits per heavy atom. The molecule has 0 spiro atoms. The molecule has 2 aliphatic rings. The van der Waals surface area contributed by atoms with Crippen LogP contribution in [0.5, 0.6) is 11.5 Å². The maximum Gasteiger partial charge on any atom is 0.136 e. The normalized spacial score (nSPS) is 13.4. The van der Waals surface area contributed by atoms with Gasteiger partial charge in [0.1, 0.15) is 11.5 Å². The summed E-state index contributed by atoms with van der Waals surface area (Å²) in [7, 11) is 0. The van der Waals surface area contributed by atoms with Crippen LogP contribution in [-0.4, -0.2) is 0 Å². The Balaban J connectivity index is 1.13. The highest BCUT2D eigenvalue weighted by atomic mass is 16.5. The molecule has 0 fully saturated rings. The van der Waals surface area contributed by atoms with Gasteiger partial charge in [-0.05, 0) is 146 Å². The first kappa shape index (κ1) is 27.8. The highest BCUT2D eigenvalue weighted by Gasteiger charge is 2.31. The van der Waals surface area contributed by atoms with E-state index in [2.05, 4.69) is 158 Å². The maximum absolute atomic E-state index is 9.19. The zero-order valence-corrected chi connectivity index (χ0v) is 31.7. The molecule has 0 amide bonds. The van der Waals surface area contributed by atoms with Crippen molar-refractivity contribution >= 4 is 43.1 Å². The fourth-order valence-corrected chi connectivity index (χ4v) is 9.97. The molecule has 0 aromatic heterocycles. The van der Waals surface area contributed by atoms with Crippen LogP contribution in [0.3, 0.4) is 0 Å². The van der Waals surface area contributed by atoms with Gasteiger partial charge in [-0.25, -0.2) is 0 Å². The van der Waals surface area contributed by atoms with Crippen molar-refractivity contribution in [1.82, 2.24) is 0 Å². The summed E-state index contributed by atoms with van der Waals surface area (Å²) in [4.78, 5) is 0. The first-order valence-electron chi connectivity index (χ1n) is 22.5. The molecule has 0 radical (unpaired) electrons. The monoisotopic (exact) mass is 751 g/mol. The second-order valence-corrected chi connectivity index (χ2v) is 15.6. The Labute approximate surface area is 349 Å². The summed E-state index contributed by atoms with van der Waals surface area (Å²) in [5.41, 5.74) is 13.3. The Morgan fingerprint density at radius 3 is 1.66 bits per heavy atom. The molecule has 0 atom stereocenters. The molecule has 1 heteroatoms. The molecule has 59 heavy (non-hydrogen) atoms. The van der Waals surface area contributed by atoms with Crippen molar-refractivity contribution in [1.29, 1.82) is 0 Å². The summed E-state index contributed by atoms with van der Waals surface area (Å²) in [6.45, 7) is 0. The quantitative estimate of drug-likeness (QED) is 0.163. The second-order valence-electron chi connectivity index (χ2n) is 15.6. The van der Waals surface area contributed by atoms with E-state index >= 15 is 0 Å². The zero-order chi connectivity index (χ0) is 43.0. The van der Waals surface area contributed by atoms with Crippen LogP contribution in [0.4, 0.5) is 0 Å². The predicted octanol–water partition coefficient (Wildman–Crippen LogP) is 16.4. The summed E-state index contributed by atoms with van der Waals surface area (Å²) in [6.07, 6.45) is 0. The lowest BCUT2D eigenvalue weighted by molar-refractivity contribution is 0.488. The molecular weight excluding hydrogens is 713 g/mol. The third-order valence-corrected chi connectivity index (χ3v) is 12.4. The number of hydrogen-bond donors (Lipinski definition) is 0. The third kappa shape index (κ3) is 4.73. The second kappa shape index (κ2) is 12.4. The highest BCUT2D eigenvalue weighted by Crippen LogP contribution is 2.58. The Kier molecular flexibility index (Phi) is 5.83. The number of fused-ring (bicyclic) bond motifs is 8. The summed E-state index contributed by atoms with van der Waals surface area (Å²) in [5, 5.41) is 9.00. The fraction of sp³-hybridized carbons (Fsp3) is 0. The van der Waals surface area contributed by atoms with Crippen molar-refractivity contribution in [3.8, 4) is 89.4 Å². The van der Waals surface area contributed by atoms with Gasteiger partial charge in [0.15, 0.2) is 0 Å². The minimum absolute atomic E-state index is 0.160. The molecule has 0 unspecified atom stereocenters. The van der Waals surface area contributed by atoms with Crippen LogP contribution in [-0.2, 0) is 0 Å². The zero-order valence-electron chi connectivity index (χ0n) is 36.7. The molecular formula is C58H34O. The van der Waals surface area contributed by atoms with Crippen LogP contribution in [0, 0.1) is 0 Å². The van der Waals surface area contributed by atoms with Gasteiger partial charge in [-0.3, -0.25) is 0 Å². The van der Waals surface area contributed by atoms with Gasteiger partial charge in [-0.15, -0.1) is 0 Å². The molecule has 272 valence electrons. The largest absolute Gasteiger partial charge is 0.456 e. The third-order valence-electron chi connectivity index (χ3n) is 12.4. The molecule has 11 aromatic rings. The van der Waals surface area contributed by atoms with E-state index in [0.717, 1.165) is 110 Å². The molecule has 0 bridgehead atoms. The molecule has 1 heterocycles. The van der Waals surface area contributed by atoms with E-state index in [-0.39, 0.29) is 29.7 Å². The number of rotatable bonds is 4. The number of hydrogen-bond acceptors (Lipinski definition) is 1. The van der Waals surface area contributed by atoms with E-state index < -0.39 is 6.04 Å². The molecule has 0 saturated heterocycles. The average Bonchev–Trinajstić information content (AvgIpc) is 3.67. The van der Waals surface area contributed by atoms with Crippen molar-refractivity contribution in [3.63, 3.8) is 0 Å². The van der Waals surface area contributed by atoms with E-state index in [4.69, 9.17) is 8.85 Å². The maximum atomic E-state index is 9.19. The predicted molar refractivity (Wildman–Crippen MR) is 248 cm³/mol. The van der Waals surface area contributed by atoms with Crippen LogP contribution < -0.4 is 4.74 Å². The van der Waals surface area contributed by atoms with E-state index in [1.165, 1.54) is 10.9 Å². The van der Waals surface area contributed by atoms with E-state index in [1.807, 2.05) is 18.2 Å². The lowest BCUT2D eigenvalue weighted by Crippen LogP contribution is -1.98. The van der Waals surface area contributed by atoms with Crippen molar-refractivity contribution < 1.29 is 11.6 Å². The summed E-state index contributed by atoms with van der Waals surface area (Å²) in [5.74, 6) is 1.58. The Bertz CT molecular complexity index is 3840. The van der Waals surface area contributed by atoms with Gasteiger partial charge in [0, 0.05) is 10.9 Å². The molecule has 11 aromatic carbocycles. The summed E-state index contributed by atoms with van der Waals surface area (Å²) >= 11 is 0. The van der Waals surface area contributed by atoms with Crippen molar-refractivity contribution in [2.45, 2.75) is 0 Å². The van der Waals surface area contributed by atoms with Gasteiger partial charge >= 0.3 is 0 Å². The topological polar surface area (TPSA) is 9.23 Å². The van der Waals surface area contributed by atoms with Crippen LogP contribution in [0.25, 0.3) is 121 Å². The molecule has 1 aliphatic carbocycles. The van der Waals surface area contributed by atoms with Gasteiger partial charge in [-0.2, -0.15) is 0 Å². The summed E-state index contributed by atoms with van der Waals surface area (Å²) in [6, 6.07) is 60.0. The van der Waals surface area contributed by atoms with Crippen molar-refractivity contribution in [3.05, 3.63) is 206 Å². The van der Waals surface area contributed by atoms with Gasteiger partial charge in [0.2, 0.25) is 0 Å². The smallest absolute Gasteiger partial charge is 0.136 e. The molecule has 0 saturated carbocycles. The van der Waals surface area contributed by atoms with Gasteiger partial charge < -0.3 is 4.74 Å². The molecule has 0 N–H and O–H groups in total. The van der Waals surface area contributed by atoms with E-state index in [9.17, 15) is 2.74 Å². The Hall–Kier alpha value is -7.74. The van der Waals surface area contributed by atoms with Crippen molar-refractivity contribution in [2.75, 3.05) is 0 Å². The highest BCUT2D eigenvalue weighted by molar-refractivity contribution is 6.27. The van der Waals surface area contributed by atoms with Crippen LogP contribution >= 0.6 is 0 Å². The molecule has 13 rings (SSSR count). The first-order valence-corrected chi connectivity index (χ1v) is 20.0. The Morgan fingerprint density at radius 2 is 0.898 bits per heavy atom. The molecule has 1 nitrogen and oxygen atoms in total. The minimum atomic E-state index is -0.418. The summed E-state index contributed by atoms with van der Waals surface area (Å²) < 4.78 is 51.0. The van der Waals surface area contributed by atoms with E-state index in [1.54, 1.807) is 0 Å². The van der Waals surface area contributed by atoms with Crippen LogP contribution in [0.2, 0.25) is 0 Å². The van der Waals surface area contributed by atoms with Crippen LogP contribution in [0.1, 0.15) is 6.85 Å². The fourth-order valence-electron chi connectivity index (χ4n) is 9.97. The van der Waals surface area contributed by atoms with Crippen molar-refractivity contribution in [2.24, 2.45) is 0 Å². The lowest BCUT2D eigenvalue weighted by Gasteiger charge is -2.23. The SMILES string of the molecule is [2H]c1c([2H])c([2H])c(-c2cc(-c3ccc4c(c3)-c3cccc5c3c(cc3ccccc35)O4)cc(-c3c4c(c(-c5ccccc5)c5ccccc35)-c3cccc5cccc-4c35)c2)c([2H])c1[2H]. The molecule has 1 aliphatic heterocycles. The standard InChI is InChI=1S/C58H34O/c1-3-14-35(15-4-1)40-30-41(38-28-29-51-50(33-38)47-25-13-24-44-43-21-8-7-18-39(43)34-52(59-51)56(44)47)32-42(31-40)55-46-23-10-9-22-45(46)54(37-16-5-2-6-17-37)57-48-26-11-19-36-20-12-27-49(53(36)48)58(55)57/h1-34H/i1D,3D,4D,14D,15D. The minimum Gasteiger partial charge on any atom is -0.456 e.